The highest BCUT2D eigenvalue weighted by atomic mass is 33.1. The topological polar surface area (TPSA) is 520 Å². The first kappa shape index (κ1) is 84.5. The summed E-state index contributed by atoms with van der Waals surface area (Å²) < 4.78 is 0. The molecule has 540 valence electrons. The number of nitrogens with two attached hydrogens (primary N) is 5. The van der Waals surface area contributed by atoms with Gasteiger partial charge in [-0.15, -0.1) is 0 Å². The molecule has 31 nitrogen and oxygen atoms in total. The van der Waals surface area contributed by atoms with E-state index in [2.05, 4.69) is 63.2 Å². The van der Waals surface area contributed by atoms with Crippen molar-refractivity contribution in [1.29, 1.82) is 0 Å². The fraction of sp³-hybridized carbons (Fsp3) is 0.677. The number of carbonyl (C=O) groups is 12. The molecule has 1 saturated heterocycles. The molecular formula is C62H105N17O14S3. The zero-order chi connectivity index (χ0) is 70.9. The van der Waals surface area contributed by atoms with Crippen molar-refractivity contribution in [3.63, 3.8) is 0 Å². The maximum Gasteiger partial charge on any atom is 0.327 e. The number of thioether (sulfide) groups is 1. The number of aliphatic imine (C=N–C) groups is 2. The molecule has 5 unspecified atom stereocenters. The Morgan fingerprint density at radius 1 is 0.542 bits per heavy atom. The Labute approximate surface area is 574 Å². The van der Waals surface area contributed by atoms with Crippen LogP contribution in [0.3, 0.4) is 0 Å². The molecule has 22 N–H and O–H groups in total. The fourth-order valence-corrected chi connectivity index (χ4v) is 12.6. The Morgan fingerprint density at radius 3 is 1.64 bits per heavy atom. The third-order valence-corrected chi connectivity index (χ3v) is 18.1. The summed E-state index contributed by atoms with van der Waals surface area (Å²) in [4.78, 5) is 170. The third kappa shape index (κ3) is 40.7. The lowest BCUT2D eigenvalue weighted by atomic mass is 10.0. The first-order chi connectivity index (χ1) is 46.0. The molecule has 96 heavy (non-hydrogen) atoms. The zero-order valence-corrected chi connectivity index (χ0v) is 57.7. The summed E-state index contributed by atoms with van der Waals surface area (Å²) in [5, 5.41) is 45.8. The van der Waals surface area contributed by atoms with Gasteiger partial charge in [0.15, 0.2) is 11.9 Å². The Bertz CT molecular complexity index is 2640. The second-order valence-electron chi connectivity index (χ2n) is 23.2. The van der Waals surface area contributed by atoms with Crippen LogP contribution in [0.2, 0.25) is 0 Å². The highest BCUT2D eigenvalue weighted by Crippen LogP contribution is 2.24. The lowest BCUT2D eigenvalue weighted by Crippen LogP contribution is -2.59. The maximum absolute atomic E-state index is 14.3. The molecule has 1 fully saturated rings. The van der Waals surface area contributed by atoms with Crippen LogP contribution in [0.5, 0.6) is 0 Å². The van der Waals surface area contributed by atoms with Gasteiger partial charge in [-0.3, -0.25) is 62.7 Å². The summed E-state index contributed by atoms with van der Waals surface area (Å²) >= 11 is 1.31. The number of guanidine groups is 2. The van der Waals surface area contributed by atoms with E-state index in [0.717, 1.165) is 98.6 Å². The van der Waals surface area contributed by atoms with Gasteiger partial charge in [0.1, 0.15) is 42.3 Å². The SMILES string of the molecule is CSCCC1NC(=O)C(CCCN=C(N)N)NC(=O)CNC(=O)CNC(=O)[C@H](Cc2ccccc2)NC(=O)C(NC(=O)CCCCCCCCCCN)CSSCC(C(=O)O)NC(=O)CCCCCCCCCCNC(=O)[C@H](CCCN=C(N)N)NC(=O)C(CC(=O)O)NC1=O. The number of hydrogen-bond acceptors (Lipinski definition) is 18. The van der Waals surface area contributed by atoms with Crippen LogP contribution < -0.4 is 81.8 Å². The minimum Gasteiger partial charge on any atom is -0.481 e. The van der Waals surface area contributed by atoms with E-state index in [1.807, 2.05) is 0 Å². The van der Waals surface area contributed by atoms with Crippen molar-refractivity contribution in [2.75, 3.05) is 62.8 Å². The first-order valence-corrected chi connectivity index (χ1v) is 36.9. The first-order valence-electron chi connectivity index (χ1n) is 33.0. The molecule has 0 aliphatic carbocycles. The Morgan fingerprint density at radius 2 is 1.05 bits per heavy atom. The number of aliphatic carboxylic acids is 2. The maximum atomic E-state index is 14.3. The van der Waals surface area contributed by atoms with E-state index >= 15 is 0 Å². The molecule has 2 rings (SSSR count). The van der Waals surface area contributed by atoms with Crippen LogP contribution in [0, 0.1) is 0 Å². The number of carboxylic acids is 2. The highest BCUT2D eigenvalue weighted by Gasteiger charge is 2.34. The van der Waals surface area contributed by atoms with Crippen molar-refractivity contribution >= 4 is 116 Å². The van der Waals surface area contributed by atoms with Crippen LogP contribution in [-0.4, -0.2) is 198 Å². The summed E-state index contributed by atoms with van der Waals surface area (Å²) in [6.07, 6.45) is 14.5. The molecule has 0 aromatic heterocycles. The molecule has 10 amide bonds. The van der Waals surface area contributed by atoms with E-state index in [4.69, 9.17) is 28.7 Å². The standard InChI is InChI=1S/C62H105N17O14S3/c1-94-34-29-44-57(89)79-46(36-53(84)85)58(90)76-42(25-21-32-69-61(64)65)54(86)68-31-20-13-9-5-3-7-11-18-28-50(81)75-48(60(92)93)40-96-95-39-47(74-49(80)27-17-10-6-2-4-8-12-19-30-63)59(91)78-45(35-41-23-15-14-16-24-41)55(87)72-37-51(82)71-38-52(83)73-43(56(88)77-44)26-22-33-70-62(66)67/h14-16,23-24,42-48H,2-13,17-22,25-40,63H2,1H3,(H,68,86)(H,71,82)(H,72,87)(H,73,83)(H,74,80)(H,75,81)(H,76,90)(H,77,88)(H,78,91)(H,79,89)(H,84,85)(H,92,93)(H4,64,65,69)(H4,66,67,70)/t42-,43?,44?,45-,46?,47?,48?/m0/s1. The Hall–Kier alpha value is -7.59. The van der Waals surface area contributed by atoms with Crippen molar-refractivity contribution in [2.45, 2.75) is 203 Å². The van der Waals surface area contributed by atoms with Crippen LogP contribution in [0.15, 0.2) is 40.3 Å². The normalized spacial score (nSPS) is 21.6. The van der Waals surface area contributed by atoms with Crippen LogP contribution in [0.4, 0.5) is 0 Å². The second kappa shape index (κ2) is 51.7. The highest BCUT2D eigenvalue weighted by molar-refractivity contribution is 8.76. The molecule has 1 aliphatic heterocycles. The molecule has 0 radical (unpaired) electrons. The van der Waals surface area contributed by atoms with Gasteiger partial charge >= 0.3 is 11.9 Å². The second-order valence-corrected chi connectivity index (χ2v) is 26.7. The minimum absolute atomic E-state index is 0.0150. The number of hydrogen-bond donors (Lipinski definition) is 17. The molecule has 1 heterocycles. The van der Waals surface area contributed by atoms with Gasteiger partial charge in [-0.1, -0.05) is 129 Å². The van der Waals surface area contributed by atoms with Gasteiger partial charge in [-0.05, 0) is 81.9 Å². The number of benzene rings is 1. The van der Waals surface area contributed by atoms with Crippen LogP contribution in [0.1, 0.15) is 160 Å². The van der Waals surface area contributed by atoms with Gasteiger partial charge in [0.2, 0.25) is 59.1 Å². The van der Waals surface area contributed by atoms with E-state index < -0.39 is 133 Å². The van der Waals surface area contributed by atoms with Crippen molar-refractivity contribution in [3.8, 4) is 0 Å². The molecular weight excluding hydrogens is 1300 g/mol. The zero-order valence-electron chi connectivity index (χ0n) is 55.3. The number of rotatable bonds is 27. The number of carbonyl (C=O) groups excluding carboxylic acids is 10. The molecule has 1 aromatic carbocycles. The summed E-state index contributed by atoms with van der Waals surface area (Å²) in [7, 11) is 2.17. The van der Waals surface area contributed by atoms with E-state index in [-0.39, 0.29) is 100 Å². The van der Waals surface area contributed by atoms with E-state index in [1.54, 1.807) is 36.6 Å². The van der Waals surface area contributed by atoms with Crippen molar-refractivity contribution < 1.29 is 67.7 Å². The lowest BCUT2D eigenvalue weighted by Gasteiger charge is -2.26. The van der Waals surface area contributed by atoms with Gasteiger partial charge in [-0.25, -0.2) is 4.79 Å². The number of carboxylic acid groups (broad SMARTS) is 2. The molecule has 7 atom stereocenters. The molecule has 0 bridgehead atoms. The summed E-state index contributed by atoms with van der Waals surface area (Å²) in [5.74, 6) is -10.7. The largest absolute Gasteiger partial charge is 0.481 e. The number of unbranched alkanes of at least 4 members (excludes halogenated alkanes) is 7. The molecule has 34 heteroatoms. The van der Waals surface area contributed by atoms with Gasteiger partial charge in [0.25, 0.3) is 0 Å². The number of nitrogens with one attached hydrogen (secondary N) is 10. The predicted molar refractivity (Wildman–Crippen MR) is 372 cm³/mol. The van der Waals surface area contributed by atoms with Gasteiger partial charge < -0.3 is 92.0 Å². The van der Waals surface area contributed by atoms with Crippen LogP contribution in [-0.2, 0) is 64.0 Å². The van der Waals surface area contributed by atoms with Crippen LogP contribution >= 0.6 is 33.3 Å². The number of nitrogens with zero attached hydrogens (tertiary/aromatic N) is 2. The molecule has 0 saturated carbocycles. The van der Waals surface area contributed by atoms with Crippen molar-refractivity contribution in [1.82, 2.24) is 53.2 Å². The van der Waals surface area contributed by atoms with E-state index in [1.165, 1.54) is 11.8 Å². The van der Waals surface area contributed by atoms with Gasteiger partial charge in [-0.2, -0.15) is 11.8 Å². The van der Waals surface area contributed by atoms with Gasteiger partial charge in [0, 0.05) is 50.4 Å². The van der Waals surface area contributed by atoms with Crippen LogP contribution in [0.25, 0.3) is 0 Å². The predicted octanol–water partition coefficient (Wildman–Crippen LogP) is -0.234. The fourth-order valence-electron chi connectivity index (χ4n) is 9.78. The smallest absolute Gasteiger partial charge is 0.327 e. The molecule has 1 aromatic rings. The van der Waals surface area contributed by atoms with Crippen molar-refractivity contribution in [2.24, 2.45) is 38.7 Å². The molecule has 1 aliphatic rings. The average Bonchev–Trinajstić information content (AvgIpc) is 1.11. The number of amides is 10. The molecule has 0 spiro atoms. The summed E-state index contributed by atoms with van der Waals surface area (Å²) in [6.45, 7) is -0.420. The van der Waals surface area contributed by atoms with Gasteiger partial charge in [0.05, 0.1) is 19.5 Å². The summed E-state index contributed by atoms with van der Waals surface area (Å²) in [5.41, 5.74) is 28.2. The van der Waals surface area contributed by atoms with E-state index in [0.29, 0.717) is 37.8 Å². The summed E-state index contributed by atoms with van der Waals surface area (Å²) in [6, 6.07) is -0.916. The monoisotopic (exact) mass is 1410 g/mol. The third-order valence-electron chi connectivity index (χ3n) is 15.0. The Kier molecular flexibility index (Phi) is 45.5. The lowest BCUT2D eigenvalue weighted by molar-refractivity contribution is -0.141. The Balaban J connectivity index is 2.49. The van der Waals surface area contributed by atoms with Crippen molar-refractivity contribution in [3.05, 3.63) is 35.9 Å². The minimum atomic E-state index is -1.75. The quantitative estimate of drug-likeness (QED) is 0.0234. The van der Waals surface area contributed by atoms with E-state index in [9.17, 15) is 67.7 Å². The average molecular weight is 1410 g/mol.